The van der Waals surface area contributed by atoms with E-state index >= 15 is 0 Å². The minimum absolute atomic E-state index is 0.0267. The molecule has 1 fully saturated rings. The summed E-state index contributed by atoms with van der Waals surface area (Å²) >= 11 is 0. The molecule has 2 atom stereocenters. The number of aliphatic hydroxyl groups excluding tert-OH is 1. The number of hydrogen-bond donors (Lipinski definition) is 3. The van der Waals surface area contributed by atoms with Crippen LogP contribution in [0.1, 0.15) is 31.2 Å². The number of nitrogen functional groups attached to an aromatic ring is 1. The average Bonchev–Trinajstić information content (AvgIpc) is 2.47. The van der Waals surface area contributed by atoms with Gasteiger partial charge in [-0.3, -0.25) is 0 Å². The number of benzene rings is 1. The van der Waals surface area contributed by atoms with E-state index in [1.165, 1.54) is 18.2 Å². The van der Waals surface area contributed by atoms with Crippen LogP contribution in [0.15, 0.2) is 23.1 Å². The second-order valence-electron chi connectivity index (χ2n) is 5.32. The van der Waals surface area contributed by atoms with Crippen LogP contribution in [-0.4, -0.2) is 26.2 Å². The van der Waals surface area contributed by atoms with Gasteiger partial charge in [0.05, 0.1) is 10.5 Å². The molecule has 0 radical (unpaired) electrons. The first-order chi connectivity index (χ1) is 9.97. The van der Waals surface area contributed by atoms with E-state index in [-0.39, 0.29) is 29.0 Å². The molecule has 21 heavy (non-hydrogen) atoms. The fourth-order valence-corrected chi connectivity index (χ4v) is 4.19. The van der Waals surface area contributed by atoms with Crippen LogP contribution in [0, 0.1) is 17.2 Å². The van der Waals surface area contributed by atoms with Crippen molar-refractivity contribution in [3.05, 3.63) is 23.8 Å². The molecule has 6 nitrogen and oxygen atoms in total. The van der Waals surface area contributed by atoms with Gasteiger partial charge in [0.15, 0.2) is 0 Å². The van der Waals surface area contributed by atoms with E-state index in [0.717, 1.165) is 19.3 Å². The lowest BCUT2D eigenvalue weighted by Crippen LogP contribution is -2.43. The van der Waals surface area contributed by atoms with Crippen LogP contribution >= 0.6 is 0 Å². The van der Waals surface area contributed by atoms with E-state index in [2.05, 4.69) is 4.72 Å². The predicted molar refractivity (Wildman–Crippen MR) is 78.7 cm³/mol. The third kappa shape index (κ3) is 3.53. The van der Waals surface area contributed by atoms with Gasteiger partial charge >= 0.3 is 0 Å². The number of nitrogens with one attached hydrogen (secondary N) is 1. The smallest absolute Gasteiger partial charge is 0.242 e. The van der Waals surface area contributed by atoms with Crippen LogP contribution in [0.25, 0.3) is 0 Å². The van der Waals surface area contributed by atoms with E-state index in [1.54, 1.807) is 0 Å². The third-order valence-corrected chi connectivity index (χ3v) is 5.41. The number of nitriles is 1. The Morgan fingerprint density at radius 1 is 1.38 bits per heavy atom. The van der Waals surface area contributed by atoms with Gasteiger partial charge in [0.2, 0.25) is 10.0 Å². The Balaban J connectivity index is 2.28. The Kier molecular flexibility index (Phi) is 4.83. The molecule has 0 spiro atoms. The van der Waals surface area contributed by atoms with Gasteiger partial charge in [-0.1, -0.05) is 12.8 Å². The van der Waals surface area contributed by atoms with Crippen molar-refractivity contribution in [2.24, 2.45) is 5.92 Å². The summed E-state index contributed by atoms with van der Waals surface area (Å²) in [6.45, 7) is -0.0416. The zero-order chi connectivity index (χ0) is 15.5. The van der Waals surface area contributed by atoms with Crippen LogP contribution in [0.5, 0.6) is 0 Å². The maximum Gasteiger partial charge on any atom is 0.242 e. The molecule has 7 heteroatoms. The van der Waals surface area contributed by atoms with Crippen molar-refractivity contribution in [1.82, 2.24) is 4.72 Å². The molecule has 0 amide bonds. The molecule has 1 aliphatic rings. The number of hydrogen-bond acceptors (Lipinski definition) is 5. The predicted octanol–water partition coefficient (Wildman–Crippen LogP) is 0.970. The fraction of sp³-hybridized carbons (Fsp3) is 0.500. The topological polar surface area (TPSA) is 116 Å². The van der Waals surface area contributed by atoms with Gasteiger partial charge in [0, 0.05) is 18.3 Å². The highest BCUT2D eigenvalue weighted by molar-refractivity contribution is 7.89. The van der Waals surface area contributed by atoms with E-state index < -0.39 is 10.0 Å². The lowest BCUT2D eigenvalue weighted by atomic mass is 9.86. The Bertz CT molecular complexity index is 652. The van der Waals surface area contributed by atoms with Gasteiger partial charge in [-0.25, -0.2) is 13.1 Å². The summed E-state index contributed by atoms with van der Waals surface area (Å²) in [5.74, 6) is -0.0761. The lowest BCUT2D eigenvalue weighted by Gasteiger charge is -2.30. The molecule has 0 aliphatic heterocycles. The van der Waals surface area contributed by atoms with Crippen molar-refractivity contribution in [3.8, 4) is 6.07 Å². The second-order valence-corrected chi connectivity index (χ2v) is 7.00. The SMILES string of the molecule is N#Cc1cc(N)ccc1S(=O)(=O)NC1CCCCC1CO. The van der Waals surface area contributed by atoms with Crippen LogP contribution in [0.4, 0.5) is 5.69 Å². The van der Waals surface area contributed by atoms with Gasteiger partial charge in [-0.15, -0.1) is 0 Å². The quantitative estimate of drug-likeness (QED) is 0.717. The highest BCUT2D eigenvalue weighted by Gasteiger charge is 2.30. The summed E-state index contributed by atoms with van der Waals surface area (Å²) in [6, 6.07) is 5.71. The number of nitrogens with zero attached hydrogens (tertiary/aromatic N) is 1. The standard InChI is InChI=1S/C14H19N3O3S/c15-8-11-7-12(16)5-6-14(11)21(19,20)17-13-4-2-1-3-10(13)9-18/h5-7,10,13,17-18H,1-4,9,16H2. The summed E-state index contributed by atoms with van der Waals surface area (Å²) in [7, 11) is -3.80. The molecule has 1 aliphatic carbocycles. The molecule has 0 saturated heterocycles. The van der Waals surface area contributed by atoms with Crippen molar-refractivity contribution >= 4 is 15.7 Å². The summed E-state index contributed by atoms with van der Waals surface area (Å²) in [4.78, 5) is -0.0681. The van der Waals surface area contributed by atoms with E-state index in [4.69, 9.17) is 11.0 Å². The van der Waals surface area contributed by atoms with Crippen molar-refractivity contribution in [1.29, 1.82) is 5.26 Å². The van der Waals surface area contributed by atoms with E-state index in [0.29, 0.717) is 12.1 Å². The second kappa shape index (κ2) is 6.43. The maximum atomic E-state index is 12.5. The summed E-state index contributed by atoms with van der Waals surface area (Å²) < 4.78 is 27.6. The minimum Gasteiger partial charge on any atom is -0.399 e. The molecule has 4 N–H and O–H groups in total. The third-order valence-electron chi connectivity index (χ3n) is 3.86. The molecule has 2 unspecified atom stereocenters. The molecule has 0 bridgehead atoms. The number of anilines is 1. The molecule has 2 rings (SSSR count). The zero-order valence-electron chi connectivity index (χ0n) is 11.6. The summed E-state index contributed by atoms with van der Waals surface area (Å²) in [6.07, 6.45) is 3.42. The van der Waals surface area contributed by atoms with Gasteiger partial charge in [0.1, 0.15) is 6.07 Å². The van der Waals surface area contributed by atoms with Crippen molar-refractivity contribution in [3.63, 3.8) is 0 Å². The van der Waals surface area contributed by atoms with Gasteiger partial charge in [-0.2, -0.15) is 5.26 Å². The molecule has 114 valence electrons. The van der Waals surface area contributed by atoms with Crippen molar-refractivity contribution < 1.29 is 13.5 Å². The van der Waals surface area contributed by atoms with Crippen LogP contribution < -0.4 is 10.5 Å². The number of sulfonamides is 1. The Hall–Kier alpha value is -1.62. The Morgan fingerprint density at radius 3 is 2.76 bits per heavy atom. The van der Waals surface area contributed by atoms with E-state index in [9.17, 15) is 13.5 Å². The molecular formula is C14H19N3O3S. The van der Waals surface area contributed by atoms with Crippen molar-refractivity contribution in [2.45, 2.75) is 36.6 Å². The average molecular weight is 309 g/mol. The highest BCUT2D eigenvalue weighted by Crippen LogP contribution is 2.26. The maximum absolute atomic E-state index is 12.5. The van der Waals surface area contributed by atoms with Gasteiger partial charge in [0.25, 0.3) is 0 Å². The highest BCUT2D eigenvalue weighted by atomic mass is 32.2. The molecule has 0 heterocycles. The Morgan fingerprint density at radius 2 is 2.10 bits per heavy atom. The first-order valence-electron chi connectivity index (χ1n) is 6.90. The van der Waals surface area contributed by atoms with Gasteiger partial charge < -0.3 is 10.8 Å². The first kappa shape index (κ1) is 15.8. The van der Waals surface area contributed by atoms with Gasteiger partial charge in [-0.05, 0) is 37.0 Å². The van der Waals surface area contributed by atoms with Crippen LogP contribution in [0.3, 0.4) is 0 Å². The Labute approximate surface area is 124 Å². The van der Waals surface area contributed by atoms with E-state index in [1.807, 2.05) is 6.07 Å². The monoisotopic (exact) mass is 309 g/mol. The zero-order valence-corrected chi connectivity index (χ0v) is 12.4. The minimum atomic E-state index is -3.80. The van der Waals surface area contributed by atoms with Crippen LogP contribution in [-0.2, 0) is 10.0 Å². The molecule has 1 aromatic carbocycles. The number of aliphatic hydroxyl groups is 1. The normalized spacial score (nSPS) is 22.7. The van der Waals surface area contributed by atoms with Crippen LogP contribution in [0.2, 0.25) is 0 Å². The molecule has 1 aromatic rings. The van der Waals surface area contributed by atoms with Crippen molar-refractivity contribution in [2.75, 3.05) is 12.3 Å². The summed E-state index contributed by atoms with van der Waals surface area (Å²) in [5, 5.41) is 18.4. The first-order valence-corrected chi connectivity index (χ1v) is 8.39. The number of nitrogens with two attached hydrogens (primary N) is 1. The molecule has 0 aromatic heterocycles. The fourth-order valence-electron chi connectivity index (χ4n) is 2.71. The lowest BCUT2D eigenvalue weighted by molar-refractivity contribution is 0.164. The molecular weight excluding hydrogens is 290 g/mol. The largest absolute Gasteiger partial charge is 0.399 e. The molecule has 1 saturated carbocycles. The summed E-state index contributed by atoms with van der Waals surface area (Å²) in [5.41, 5.74) is 5.95. The number of rotatable bonds is 4.